The van der Waals surface area contributed by atoms with E-state index >= 15 is 0 Å². The summed E-state index contributed by atoms with van der Waals surface area (Å²) < 4.78 is 5.26. The highest BCUT2D eigenvalue weighted by atomic mass is 35.5. The summed E-state index contributed by atoms with van der Waals surface area (Å²) in [6.45, 7) is 0.148. The summed E-state index contributed by atoms with van der Waals surface area (Å²) in [5, 5.41) is 11.4. The number of aliphatic hydroxyl groups is 1. The number of aliphatic hydroxyl groups excluding tert-OH is 1. The van der Waals surface area contributed by atoms with Crippen molar-refractivity contribution in [2.45, 2.75) is 12.6 Å². The Morgan fingerprint density at radius 3 is 2.61 bits per heavy atom. The molecule has 1 amide bonds. The van der Waals surface area contributed by atoms with Gasteiger partial charge in [0.1, 0.15) is 17.6 Å². The second-order valence-corrected chi connectivity index (χ2v) is 7.48. The Morgan fingerprint density at radius 2 is 1.90 bits per heavy atom. The second kappa shape index (κ2) is 8.62. The number of amides is 1. The predicted molar refractivity (Wildman–Crippen MR) is 117 cm³/mol. The molecule has 1 N–H and O–H groups in total. The van der Waals surface area contributed by atoms with Crippen LogP contribution in [0, 0.1) is 0 Å². The minimum Gasteiger partial charge on any atom is -0.507 e. The summed E-state index contributed by atoms with van der Waals surface area (Å²) in [7, 11) is 1.56. The molecule has 2 aromatic carbocycles. The van der Waals surface area contributed by atoms with E-state index in [0.717, 1.165) is 5.56 Å². The van der Waals surface area contributed by atoms with E-state index in [0.29, 0.717) is 22.0 Å². The van der Waals surface area contributed by atoms with E-state index in [1.54, 1.807) is 67.9 Å². The summed E-state index contributed by atoms with van der Waals surface area (Å²) in [4.78, 5) is 31.8. The standard InChI is InChI=1S/C24H19ClN2O4/c1-31-18-9-4-6-15(12-18)14-27-21(19-10-2-3-11-26-19)20(23(29)24(27)30)22(28)16-7-5-8-17(25)13-16/h2-13,21,28H,14H2,1H3/b22-20-. The first-order valence-corrected chi connectivity index (χ1v) is 9.95. The molecule has 7 heteroatoms. The third-order valence-electron chi connectivity index (χ3n) is 5.09. The lowest BCUT2D eigenvalue weighted by molar-refractivity contribution is -0.140. The van der Waals surface area contributed by atoms with Gasteiger partial charge < -0.3 is 14.7 Å². The van der Waals surface area contributed by atoms with Crippen LogP contribution < -0.4 is 4.74 Å². The second-order valence-electron chi connectivity index (χ2n) is 7.04. The van der Waals surface area contributed by atoms with E-state index < -0.39 is 17.7 Å². The fourth-order valence-electron chi connectivity index (χ4n) is 3.65. The summed E-state index contributed by atoms with van der Waals surface area (Å²) in [5.41, 5.74) is 1.60. The van der Waals surface area contributed by atoms with Crippen molar-refractivity contribution in [1.82, 2.24) is 9.88 Å². The first kappa shape index (κ1) is 20.6. The predicted octanol–water partition coefficient (Wildman–Crippen LogP) is 4.37. The van der Waals surface area contributed by atoms with Crippen LogP contribution in [0.5, 0.6) is 5.75 Å². The fraction of sp³-hybridized carbons (Fsp3) is 0.125. The van der Waals surface area contributed by atoms with Crippen LogP contribution in [0.3, 0.4) is 0 Å². The number of hydrogen-bond donors (Lipinski definition) is 1. The number of hydrogen-bond acceptors (Lipinski definition) is 5. The molecule has 3 aromatic rings. The highest BCUT2D eigenvalue weighted by Gasteiger charge is 2.46. The van der Waals surface area contributed by atoms with Gasteiger partial charge in [-0.2, -0.15) is 0 Å². The Hall–Kier alpha value is -3.64. The molecule has 0 spiro atoms. The number of carbonyl (C=O) groups is 2. The molecule has 31 heavy (non-hydrogen) atoms. The smallest absolute Gasteiger partial charge is 0.296 e. The van der Waals surface area contributed by atoms with Gasteiger partial charge in [0.25, 0.3) is 11.7 Å². The largest absolute Gasteiger partial charge is 0.507 e. The minimum atomic E-state index is -0.841. The maximum Gasteiger partial charge on any atom is 0.296 e. The third kappa shape index (κ3) is 4.02. The Morgan fingerprint density at radius 1 is 1.10 bits per heavy atom. The third-order valence-corrected chi connectivity index (χ3v) is 5.33. The van der Waals surface area contributed by atoms with Crippen molar-refractivity contribution in [1.29, 1.82) is 0 Å². The van der Waals surface area contributed by atoms with Crippen molar-refractivity contribution in [3.63, 3.8) is 0 Å². The lowest BCUT2D eigenvalue weighted by Gasteiger charge is -2.24. The van der Waals surface area contributed by atoms with E-state index in [-0.39, 0.29) is 17.9 Å². The van der Waals surface area contributed by atoms with Gasteiger partial charge in [-0.25, -0.2) is 0 Å². The molecular weight excluding hydrogens is 416 g/mol. The molecule has 1 aliphatic heterocycles. The monoisotopic (exact) mass is 434 g/mol. The fourth-order valence-corrected chi connectivity index (χ4v) is 3.84. The number of aromatic nitrogens is 1. The average molecular weight is 435 g/mol. The summed E-state index contributed by atoms with van der Waals surface area (Å²) in [5.74, 6) is -1.12. The zero-order valence-electron chi connectivity index (χ0n) is 16.7. The van der Waals surface area contributed by atoms with Crippen molar-refractivity contribution < 1.29 is 19.4 Å². The number of benzene rings is 2. The van der Waals surface area contributed by atoms with E-state index in [1.807, 2.05) is 12.1 Å². The summed E-state index contributed by atoms with van der Waals surface area (Å²) in [6.07, 6.45) is 1.58. The van der Waals surface area contributed by atoms with Gasteiger partial charge in [0.2, 0.25) is 0 Å². The molecule has 1 unspecified atom stereocenters. The average Bonchev–Trinajstić information content (AvgIpc) is 3.04. The molecule has 6 nitrogen and oxygen atoms in total. The molecule has 1 fully saturated rings. The highest BCUT2D eigenvalue weighted by molar-refractivity contribution is 6.46. The van der Waals surface area contributed by atoms with E-state index in [2.05, 4.69) is 4.98 Å². The van der Waals surface area contributed by atoms with Gasteiger partial charge >= 0.3 is 0 Å². The van der Waals surface area contributed by atoms with Crippen molar-refractivity contribution in [2.24, 2.45) is 0 Å². The zero-order valence-corrected chi connectivity index (χ0v) is 17.4. The number of nitrogens with zero attached hydrogens (tertiary/aromatic N) is 2. The van der Waals surface area contributed by atoms with Gasteiger partial charge in [-0.15, -0.1) is 0 Å². The van der Waals surface area contributed by atoms with E-state index in [1.165, 1.54) is 4.90 Å². The van der Waals surface area contributed by atoms with Crippen LogP contribution in [-0.4, -0.2) is 33.8 Å². The first-order chi connectivity index (χ1) is 15.0. The van der Waals surface area contributed by atoms with Gasteiger partial charge in [0.15, 0.2) is 0 Å². The van der Waals surface area contributed by atoms with Crippen LogP contribution in [-0.2, 0) is 16.1 Å². The maximum absolute atomic E-state index is 13.0. The van der Waals surface area contributed by atoms with Crippen LogP contribution >= 0.6 is 11.6 Å². The maximum atomic E-state index is 13.0. The van der Waals surface area contributed by atoms with E-state index in [4.69, 9.17) is 16.3 Å². The summed E-state index contributed by atoms with van der Waals surface area (Å²) in [6, 6.07) is 18.2. The van der Waals surface area contributed by atoms with Crippen LogP contribution in [0.25, 0.3) is 5.76 Å². The Bertz CT molecular complexity index is 1180. The first-order valence-electron chi connectivity index (χ1n) is 9.58. The topological polar surface area (TPSA) is 79.7 Å². The SMILES string of the molecule is COc1cccc(CN2C(=O)C(=O)/C(=C(\O)c3cccc(Cl)c3)C2c2ccccn2)c1. The van der Waals surface area contributed by atoms with Gasteiger partial charge in [0.05, 0.1) is 18.4 Å². The molecule has 0 bridgehead atoms. The molecule has 1 atom stereocenters. The highest BCUT2D eigenvalue weighted by Crippen LogP contribution is 2.39. The van der Waals surface area contributed by atoms with Gasteiger partial charge in [-0.05, 0) is 42.0 Å². The molecular formula is C24H19ClN2O4. The van der Waals surface area contributed by atoms with E-state index in [9.17, 15) is 14.7 Å². The Labute approximate surface area is 184 Å². The molecule has 0 radical (unpaired) electrons. The molecule has 4 rings (SSSR count). The zero-order chi connectivity index (χ0) is 22.0. The quantitative estimate of drug-likeness (QED) is 0.366. The van der Waals surface area contributed by atoms with Crippen LogP contribution in [0.2, 0.25) is 5.02 Å². The van der Waals surface area contributed by atoms with Crippen LogP contribution in [0.15, 0.2) is 78.5 Å². The van der Waals surface area contributed by atoms with Crippen molar-refractivity contribution >= 4 is 29.1 Å². The molecule has 2 heterocycles. The van der Waals surface area contributed by atoms with Gasteiger partial charge in [0, 0.05) is 23.3 Å². The van der Waals surface area contributed by atoms with Crippen LogP contribution in [0.4, 0.5) is 0 Å². The number of halogens is 1. The van der Waals surface area contributed by atoms with Gasteiger partial charge in [-0.3, -0.25) is 14.6 Å². The number of carbonyl (C=O) groups excluding carboxylic acids is 2. The number of ketones is 1. The normalized spacial score (nSPS) is 17.7. The Balaban J connectivity index is 1.84. The Kier molecular flexibility index (Phi) is 5.73. The van der Waals surface area contributed by atoms with Crippen molar-refractivity contribution in [2.75, 3.05) is 7.11 Å². The number of methoxy groups -OCH3 is 1. The molecule has 1 aliphatic rings. The van der Waals surface area contributed by atoms with Gasteiger partial charge in [-0.1, -0.05) is 41.9 Å². The molecule has 156 valence electrons. The molecule has 0 saturated carbocycles. The number of ether oxygens (including phenoxy) is 1. The minimum absolute atomic E-state index is 0.0196. The number of rotatable bonds is 5. The summed E-state index contributed by atoms with van der Waals surface area (Å²) >= 11 is 6.06. The molecule has 0 aliphatic carbocycles. The lowest BCUT2D eigenvalue weighted by Crippen LogP contribution is -2.29. The molecule has 1 aromatic heterocycles. The lowest BCUT2D eigenvalue weighted by atomic mass is 9.98. The number of Topliss-reactive ketones (excluding diaryl/α,β-unsaturated/α-hetero) is 1. The molecule has 1 saturated heterocycles. The number of likely N-dealkylation sites (tertiary alicyclic amines) is 1. The van der Waals surface area contributed by atoms with Crippen molar-refractivity contribution in [3.05, 3.63) is 100 Å². The van der Waals surface area contributed by atoms with Crippen LogP contribution in [0.1, 0.15) is 22.9 Å². The van der Waals surface area contributed by atoms with Crippen molar-refractivity contribution in [3.8, 4) is 5.75 Å². The number of pyridine rings is 1.